The molecular weight excluding hydrogens is 268 g/mol. The number of hydrogen-bond donors (Lipinski definition) is 2. The van der Waals surface area contributed by atoms with Gasteiger partial charge in [0.2, 0.25) is 5.91 Å². The first-order valence-corrected chi connectivity index (χ1v) is 7.25. The number of amides is 1. The molecular formula is C16H22N2O3. The molecule has 0 atom stereocenters. The lowest BCUT2D eigenvalue weighted by atomic mass is 9.66. The summed E-state index contributed by atoms with van der Waals surface area (Å²) >= 11 is 0. The third-order valence-corrected chi connectivity index (χ3v) is 4.31. The van der Waals surface area contributed by atoms with E-state index >= 15 is 0 Å². The van der Waals surface area contributed by atoms with E-state index in [0.29, 0.717) is 18.7 Å². The van der Waals surface area contributed by atoms with Gasteiger partial charge >= 0.3 is 5.97 Å². The van der Waals surface area contributed by atoms with Gasteiger partial charge in [-0.25, -0.2) is 0 Å². The van der Waals surface area contributed by atoms with Crippen molar-refractivity contribution in [3.63, 3.8) is 0 Å². The van der Waals surface area contributed by atoms with E-state index in [1.807, 2.05) is 19.1 Å². The van der Waals surface area contributed by atoms with Crippen molar-refractivity contribution in [2.45, 2.75) is 32.6 Å². The average Bonchev–Trinajstić information content (AvgIpc) is 2.41. The summed E-state index contributed by atoms with van der Waals surface area (Å²) in [6, 6.07) is 7.32. The number of rotatable bonds is 6. The molecule has 1 amide bonds. The fraction of sp³-hybridized carbons (Fsp3) is 0.500. The standard InChI is InChI=1S/C16H22N2O3/c1-12-3-5-13(6-4-12)18(10-15(20)21)14(19)9-16(11-17)7-2-8-16/h3-6H,2,7-11,17H2,1H3,(H,20,21). The molecule has 1 aromatic rings. The molecule has 1 fully saturated rings. The zero-order chi connectivity index (χ0) is 15.5. The molecule has 0 bridgehead atoms. The zero-order valence-corrected chi connectivity index (χ0v) is 12.3. The molecule has 3 N–H and O–H groups in total. The lowest BCUT2D eigenvalue weighted by molar-refractivity contribution is -0.137. The van der Waals surface area contributed by atoms with Crippen LogP contribution < -0.4 is 10.6 Å². The minimum atomic E-state index is -1.01. The van der Waals surface area contributed by atoms with Crippen LogP contribution in [-0.2, 0) is 9.59 Å². The minimum absolute atomic E-state index is 0.126. The summed E-state index contributed by atoms with van der Waals surface area (Å²) in [7, 11) is 0. The lowest BCUT2D eigenvalue weighted by Gasteiger charge is -2.41. The number of aliphatic carboxylic acids is 1. The zero-order valence-electron chi connectivity index (χ0n) is 12.3. The fourth-order valence-electron chi connectivity index (χ4n) is 2.73. The molecule has 0 saturated heterocycles. The number of nitrogens with zero attached hydrogens (tertiary/aromatic N) is 1. The molecule has 1 saturated carbocycles. The van der Waals surface area contributed by atoms with E-state index < -0.39 is 5.97 Å². The topological polar surface area (TPSA) is 83.6 Å². The molecule has 0 aromatic heterocycles. The smallest absolute Gasteiger partial charge is 0.323 e. The highest BCUT2D eigenvalue weighted by atomic mass is 16.4. The predicted molar refractivity (Wildman–Crippen MR) is 81.1 cm³/mol. The van der Waals surface area contributed by atoms with Gasteiger partial charge in [-0.1, -0.05) is 24.1 Å². The minimum Gasteiger partial charge on any atom is -0.480 e. The van der Waals surface area contributed by atoms with Gasteiger partial charge < -0.3 is 15.7 Å². The number of aryl methyl sites for hydroxylation is 1. The van der Waals surface area contributed by atoms with Gasteiger partial charge in [-0.2, -0.15) is 0 Å². The van der Waals surface area contributed by atoms with E-state index in [9.17, 15) is 9.59 Å². The summed E-state index contributed by atoms with van der Waals surface area (Å²) in [5.74, 6) is -1.18. The van der Waals surface area contributed by atoms with Crippen molar-refractivity contribution in [1.82, 2.24) is 0 Å². The highest BCUT2D eigenvalue weighted by Gasteiger charge is 2.39. The Morgan fingerprint density at radius 1 is 1.29 bits per heavy atom. The molecule has 0 unspecified atom stereocenters. The largest absolute Gasteiger partial charge is 0.480 e. The van der Waals surface area contributed by atoms with Gasteiger partial charge in [0.05, 0.1) is 0 Å². The molecule has 2 rings (SSSR count). The van der Waals surface area contributed by atoms with Crippen LogP contribution in [0, 0.1) is 12.3 Å². The first-order valence-electron chi connectivity index (χ1n) is 7.25. The van der Waals surface area contributed by atoms with Crippen LogP contribution in [0.1, 0.15) is 31.2 Å². The second-order valence-electron chi connectivity index (χ2n) is 5.94. The Kier molecular flexibility index (Phi) is 4.63. The van der Waals surface area contributed by atoms with Crippen LogP contribution >= 0.6 is 0 Å². The Hall–Kier alpha value is -1.88. The van der Waals surface area contributed by atoms with Gasteiger partial charge in [-0.3, -0.25) is 9.59 Å². The van der Waals surface area contributed by atoms with E-state index in [-0.39, 0.29) is 17.9 Å². The molecule has 0 radical (unpaired) electrons. The van der Waals surface area contributed by atoms with Crippen molar-refractivity contribution < 1.29 is 14.7 Å². The number of hydrogen-bond acceptors (Lipinski definition) is 3. The Labute approximate surface area is 124 Å². The Morgan fingerprint density at radius 3 is 2.33 bits per heavy atom. The summed E-state index contributed by atoms with van der Waals surface area (Å²) in [4.78, 5) is 24.9. The third kappa shape index (κ3) is 3.61. The molecule has 21 heavy (non-hydrogen) atoms. The maximum atomic E-state index is 12.5. The van der Waals surface area contributed by atoms with Gasteiger partial charge in [0.25, 0.3) is 0 Å². The molecule has 5 heteroatoms. The Bertz CT molecular complexity index is 515. The monoisotopic (exact) mass is 290 g/mol. The SMILES string of the molecule is Cc1ccc(N(CC(=O)O)C(=O)CC2(CN)CCC2)cc1. The molecule has 0 spiro atoms. The Balaban J connectivity index is 2.17. The van der Waals surface area contributed by atoms with E-state index in [1.165, 1.54) is 4.90 Å². The van der Waals surface area contributed by atoms with Crippen molar-refractivity contribution in [3.8, 4) is 0 Å². The predicted octanol–water partition coefficient (Wildman–Crippen LogP) is 1.93. The van der Waals surface area contributed by atoms with E-state index in [0.717, 1.165) is 24.8 Å². The number of nitrogens with two attached hydrogens (primary N) is 1. The summed E-state index contributed by atoms with van der Waals surface area (Å²) in [6.07, 6.45) is 3.31. The van der Waals surface area contributed by atoms with Crippen LogP contribution in [0.3, 0.4) is 0 Å². The van der Waals surface area contributed by atoms with Crippen molar-refractivity contribution >= 4 is 17.6 Å². The van der Waals surface area contributed by atoms with E-state index in [1.54, 1.807) is 12.1 Å². The molecule has 1 aliphatic carbocycles. The van der Waals surface area contributed by atoms with E-state index in [4.69, 9.17) is 10.8 Å². The van der Waals surface area contributed by atoms with Crippen LogP contribution in [0.4, 0.5) is 5.69 Å². The van der Waals surface area contributed by atoms with Crippen molar-refractivity contribution in [2.24, 2.45) is 11.1 Å². The van der Waals surface area contributed by atoms with Gasteiger partial charge in [0.15, 0.2) is 0 Å². The van der Waals surface area contributed by atoms with Crippen molar-refractivity contribution in [2.75, 3.05) is 18.0 Å². The number of anilines is 1. The van der Waals surface area contributed by atoms with E-state index in [2.05, 4.69) is 0 Å². The first-order chi connectivity index (χ1) is 9.96. The molecule has 1 aromatic carbocycles. The quantitative estimate of drug-likeness (QED) is 0.838. The van der Waals surface area contributed by atoms with Gasteiger partial charge in [0.1, 0.15) is 6.54 Å². The highest BCUT2D eigenvalue weighted by Crippen LogP contribution is 2.43. The molecule has 1 aliphatic rings. The molecule has 0 aliphatic heterocycles. The average molecular weight is 290 g/mol. The van der Waals surface area contributed by atoms with Crippen LogP contribution in [0.2, 0.25) is 0 Å². The van der Waals surface area contributed by atoms with Gasteiger partial charge in [-0.15, -0.1) is 0 Å². The summed E-state index contributed by atoms with van der Waals surface area (Å²) < 4.78 is 0. The number of carboxylic acids is 1. The summed E-state index contributed by atoms with van der Waals surface area (Å²) in [5.41, 5.74) is 7.36. The van der Waals surface area contributed by atoms with Crippen LogP contribution in [0.15, 0.2) is 24.3 Å². The maximum Gasteiger partial charge on any atom is 0.323 e. The van der Waals surface area contributed by atoms with Crippen LogP contribution in [0.25, 0.3) is 0 Å². The van der Waals surface area contributed by atoms with Crippen molar-refractivity contribution in [3.05, 3.63) is 29.8 Å². The first kappa shape index (κ1) is 15.5. The second kappa shape index (κ2) is 6.26. The second-order valence-corrected chi connectivity index (χ2v) is 5.94. The van der Waals surface area contributed by atoms with Crippen molar-refractivity contribution in [1.29, 1.82) is 0 Å². The molecule has 5 nitrogen and oxygen atoms in total. The number of benzene rings is 1. The number of carboxylic acid groups (broad SMARTS) is 1. The highest BCUT2D eigenvalue weighted by molar-refractivity contribution is 5.97. The summed E-state index contributed by atoms with van der Waals surface area (Å²) in [6.45, 7) is 2.11. The maximum absolute atomic E-state index is 12.5. The molecule has 114 valence electrons. The molecule has 0 heterocycles. The fourth-order valence-corrected chi connectivity index (χ4v) is 2.73. The third-order valence-electron chi connectivity index (χ3n) is 4.31. The summed E-state index contributed by atoms with van der Waals surface area (Å²) in [5, 5.41) is 9.06. The van der Waals surface area contributed by atoms with Crippen LogP contribution in [0.5, 0.6) is 0 Å². The lowest BCUT2D eigenvalue weighted by Crippen LogP contribution is -2.44. The number of carbonyl (C=O) groups is 2. The van der Waals surface area contributed by atoms with Crippen LogP contribution in [-0.4, -0.2) is 30.1 Å². The Morgan fingerprint density at radius 2 is 1.90 bits per heavy atom. The number of carbonyl (C=O) groups excluding carboxylic acids is 1. The normalized spacial score (nSPS) is 16.1. The van der Waals surface area contributed by atoms with Gasteiger partial charge in [0, 0.05) is 12.1 Å². The van der Waals surface area contributed by atoms with Gasteiger partial charge in [-0.05, 0) is 43.9 Å².